The van der Waals surface area contributed by atoms with Crippen LogP contribution in [0.2, 0.25) is 0 Å². The average molecular weight is 233 g/mol. The fourth-order valence-electron chi connectivity index (χ4n) is 1.42. The van der Waals surface area contributed by atoms with Gasteiger partial charge in [0.15, 0.2) is 0 Å². The summed E-state index contributed by atoms with van der Waals surface area (Å²) in [5.41, 5.74) is 0. The predicted molar refractivity (Wildman–Crippen MR) is 63.8 cm³/mol. The summed E-state index contributed by atoms with van der Waals surface area (Å²) in [6.45, 7) is 7.39. The highest BCUT2D eigenvalue weighted by atomic mass is 32.2. The van der Waals surface area contributed by atoms with Gasteiger partial charge in [-0.3, -0.25) is 0 Å². The zero-order valence-corrected chi connectivity index (χ0v) is 9.44. The van der Waals surface area contributed by atoms with Crippen LogP contribution in [0, 0.1) is 0 Å². The molecule has 0 atom stereocenters. The van der Waals surface area contributed by atoms with E-state index in [0.29, 0.717) is 10.6 Å². The van der Waals surface area contributed by atoms with Crippen LogP contribution in [0.5, 0.6) is 0 Å². The molecular weight excluding hydrogens is 222 g/mol. The van der Waals surface area contributed by atoms with Gasteiger partial charge in [0.1, 0.15) is 0 Å². The van der Waals surface area contributed by atoms with E-state index in [4.69, 9.17) is 0 Å². The summed E-state index contributed by atoms with van der Waals surface area (Å²) in [7, 11) is -3.53. The van der Waals surface area contributed by atoms with Crippen molar-refractivity contribution in [3.05, 3.63) is 53.2 Å². The van der Waals surface area contributed by atoms with Gasteiger partial charge >= 0.3 is 0 Å². The lowest BCUT2D eigenvalue weighted by Gasteiger charge is -2.05. The van der Waals surface area contributed by atoms with Gasteiger partial charge in [0.25, 0.3) is 10.0 Å². The minimum atomic E-state index is -3.53. The molecule has 0 aliphatic carbocycles. The van der Waals surface area contributed by atoms with E-state index < -0.39 is 10.0 Å². The monoisotopic (exact) mass is 233 g/mol. The molecule has 1 heterocycles. The summed E-state index contributed by atoms with van der Waals surface area (Å²) in [6, 6.07) is 9.87. The molecule has 2 aromatic rings. The van der Waals surface area contributed by atoms with Crippen molar-refractivity contribution in [3.8, 4) is 0 Å². The van der Waals surface area contributed by atoms with Crippen LogP contribution >= 0.6 is 0 Å². The Labute approximate surface area is 94.0 Å². The average Bonchev–Trinajstić information content (AvgIpc) is 2.61. The lowest BCUT2D eigenvalue weighted by atomic mass is 10.4. The second-order valence-corrected chi connectivity index (χ2v) is 5.22. The highest BCUT2D eigenvalue weighted by molar-refractivity contribution is 7.90. The first-order valence-electron chi connectivity index (χ1n) is 4.69. The lowest BCUT2D eigenvalue weighted by molar-refractivity contribution is 0.586. The van der Waals surface area contributed by atoms with Crippen LogP contribution in [0.1, 0.15) is 0 Å². The highest BCUT2D eigenvalue weighted by Crippen LogP contribution is 2.09. The predicted octanol–water partition coefficient (Wildman–Crippen LogP) is 0.546. The molecule has 0 radical (unpaired) electrons. The van der Waals surface area contributed by atoms with E-state index in [1.807, 2.05) is 0 Å². The Kier molecular flexibility index (Phi) is 2.44. The van der Waals surface area contributed by atoms with Crippen molar-refractivity contribution in [3.63, 3.8) is 0 Å². The van der Waals surface area contributed by atoms with Crippen molar-refractivity contribution in [1.29, 1.82) is 0 Å². The molecule has 1 aromatic carbocycles. The molecule has 0 saturated carbocycles. The summed E-state index contributed by atoms with van der Waals surface area (Å²) in [6.07, 6.45) is 1.47. The van der Waals surface area contributed by atoms with Gasteiger partial charge in [-0.15, -0.1) is 0 Å². The van der Waals surface area contributed by atoms with Crippen molar-refractivity contribution >= 4 is 23.2 Å². The Bertz CT molecular complexity index is 699. The second-order valence-electron chi connectivity index (χ2n) is 3.40. The molecule has 0 bridgehead atoms. The molecule has 1 aromatic heterocycles. The van der Waals surface area contributed by atoms with Gasteiger partial charge in [-0.25, -0.2) is 12.4 Å². The van der Waals surface area contributed by atoms with Crippen LogP contribution in [0.25, 0.3) is 13.2 Å². The van der Waals surface area contributed by atoms with Crippen molar-refractivity contribution in [1.82, 2.24) is 3.97 Å². The maximum atomic E-state index is 12.2. The van der Waals surface area contributed by atoms with Crippen LogP contribution in [0.3, 0.4) is 0 Å². The summed E-state index contributed by atoms with van der Waals surface area (Å²) >= 11 is 0. The third-order valence-corrected chi connectivity index (χ3v) is 4.08. The number of benzene rings is 1. The first-order valence-corrected chi connectivity index (χ1v) is 6.13. The Hall–Kier alpha value is -1.81. The van der Waals surface area contributed by atoms with E-state index in [0.717, 1.165) is 3.97 Å². The van der Waals surface area contributed by atoms with E-state index in [1.54, 1.807) is 36.4 Å². The summed E-state index contributed by atoms with van der Waals surface area (Å²) < 4.78 is 25.5. The molecular formula is C12H11NO2S. The normalized spacial score (nSPS) is 11.5. The van der Waals surface area contributed by atoms with Gasteiger partial charge in [-0.2, -0.15) is 0 Å². The van der Waals surface area contributed by atoms with Crippen molar-refractivity contribution < 1.29 is 8.42 Å². The maximum Gasteiger partial charge on any atom is 0.268 e. The van der Waals surface area contributed by atoms with Crippen molar-refractivity contribution in [2.24, 2.45) is 0 Å². The topological polar surface area (TPSA) is 39.1 Å². The molecule has 0 fully saturated rings. The van der Waals surface area contributed by atoms with Gasteiger partial charge in [-0.1, -0.05) is 31.4 Å². The standard InChI is InChI=1S/C12H11NO2S/c1-10-8-9-13(11(10)2)16(14,15)12-6-4-3-5-7-12/h3-9H,1-2H2. The zero-order chi connectivity index (χ0) is 11.8. The quantitative estimate of drug-likeness (QED) is 0.759. The van der Waals surface area contributed by atoms with Gasteiger partial charge in [0.2, 0.25) is 0 Å². The SMILES string of the molecule is C=c1ccn(S(=O)(=O)c2ccccc2)c1=C. The smallest absolute Gasteiger partial charge is 0.242 e. The molecule has 0 aliphatic rings. The van der Waals surface area contributed by atoms with E-state index in [1.165, 1.54) is 6.20 Å². The Morgan fingerprint density at radius 2 is 1.62 bits per heavy atom. The van der Waals surface area contributed by atoms with Crippen LogP contribution in [0.15, 0.2) is 47.5 Å². The molecule has 0 unspecified atom stereocenters. The Morgan fingerprint density at radius 3 is 2.12 bits per heavy atom. The van der Waals surface area contributed by atoms with Crippen LogP contribution in [-0.4, -0.2) is 12.4 Å². The van der Waals surface area contributed by atoms with Crippen molar-refractivity contribution in [2.75, 3.05) is 0 Å². The summed E-state index contributed by atoms with van der Waals surface area (Å²) in [5, 5.41) is 1.00. The van der Waals surface area contributed by atoms with E-state index in [9.17, 15) is 8.42 Å². The molecule has 0 amide bonds. The minimum absolute atomic E-state index is 0.246. The fourth-order valence-corrected chi connectivity index (χ4v) is 2.77. The molecule has 2 rings (SSSR count). The lowest BCUT2D eigenvalue weighted by Crippen LogP contribution is -2.30. The van der Waals surface area contributed by atoms with E-state index in [2.05, 4.69) is 13.2 Å². The largest absolute Gasteiger partial charge is 0.268 e. The number of hydrogen-bond acceptors (Lipinski definition) is 2. The van der Waals surface area contributed by atoms with E-state index in [-0.39, 0.29) is 4.90 Å². The minimum Gasteiger partial charge on any atom is -0.242 e. The maximum absolute atomic E-state index is 12.2. The molecule has 3 nitrogen and oxygen atoms in total. The van der Waals surface area contributed by atoms with Gasteiger partial charge in [-0.05, 0) is 23.4 Å². The Balaban J connectivity index is 2.71. The van der Waals surface area contributed by atoms with Crippen molar-refractivity contribution in [2.45, 2.75) is 4.90 Å². The molecule has 0 saturated heterocycles. The summed E-state index contributed by atoms with van der Waals surface area (Å²) in [5.74, 6) is 0. The first kappa shape index (κ1) is 10.7. The summed E-state index contributed by atoms with van der Waals surface area (Å²) in [4.78, 5) is 0.246. The third-order valence-electron chi connectivity index (χ3n) is 2.35. The second kappa shape index (κ2) is 3.64. The molecule has 0 spiro atoms. The molecule has 82 valence electrons. The van der Waals surface area contributed by atoms with E-state index >= 15 is 0 Å². The Morgan fingerprint density at radius 1 is 1.00 bits per heavy atom. The highest BCUT2D eigenvalue weighted by Gasteiger charge is 2.15. The number of hydrogen-bond donors (Lipinski definition) is 0. The third kappa shape index (κ3) is 1.57. The number of rotatable bonds is 2. The van der Waals surface area contributed by atoms with Gasteiger partial charge in [0.05, 0.1) is 10.2 Å². The van der Waals surface area contributed by atoms with Gasteiger partial charge < -0.3 is 0 Å². The molecule has 0 N–H and O–H groups in total. The number of nitrogens with zero attached hydrogens (tertiary/aromatic N) is 1. The molecule has 0 aliphatic heterocycles. The molecule has 4 heteroatoms. The fraction of sp³-hybridized carbons (Fsp3) is 0. The van der Waals surface area contributed by atoms with Crippen LogP contribution < -0.4 is 10.6 Å². The van der Waals surface area contributed by atoms with Crippen LogP contribution in [0.4, 0.5) is 0 Å². The molecule has 16 heavy (non-hydrogen) atoms. The number of aromatic nitrogens is 1. The first-order chi connectivity index (χ1) is 7.53. The zero-order valence-electron chi connectivity index (χ0n) is 8.63. The van der Waals surface area contributed by atoms with Gasteiger partial charge in [0, 0.05) is 6.20 Å². The van der Waals surface area contributed by atoms with Crippen LogP contribution in [-0.2, 0) is 10.0 Å².